The molecule has 0 amide bonds. The minimum absolute atomic E-state index is 0.420. The minimum Gasteiger partial charge on any atom is -0.364 e. The smallest absolute Gasteiger partial charge is 0.159 e. The first-order valence-corrected chi connectivity index (χ1v) is 6.68. The van der Waals surface area contributed by atoms with Crippen molar-refractivity contribution in [3.05, 3.63) is 59.0 Å². The molecule has 1 aromatic carbocycles. The summed E-state index contributed by atoms with van der Waals surface area (Å²) >= 11 is 6.06. The van der Waals surface area contributed by atoms with E-state index in [2.05, 4.69) is 27.4 Å². The average molecular weight is 285 g/mol. The van der Waals surface area contributed by atoms with E-state index in [1.807, 2.05) is 36.5 Å². The Hall–Kier alpha value is -2.20. The van der Waals surface area contributed by atoms with Crippen molar-refractivity contribution in [2.45, 2.75) is 13.5 Å². The van der Waals surface area contributed by atoms with Crippen LogP contribution < -0.4 is 5.32 Å². The summed E-state index contributed by atoms with van der Waals surface area (Å²) in [6, 6.07) is 9.80. The molecule has 0 fully saturated rings. The fraction of sp³-hybridized carbons (Fsp3) is 0.133. The SMILES string of the molecule is Cc1ccncc1CNc1nnc(Cl)c2ccccc12. The summed E-state index contributed by atoms with van der Waals surface area (Å²) in [6.45, 7) is 2.71. The van der Waals surface area contributed by atoms with Crippen molar-refractivity contribution >= 4 is 28.2 Å². The second-order valence-electron chi connectivity index (χ2n) is 4.54. The molecule has 2 heterocycles. The number of benzene rings is 1. The maximum atomic E-state index is 6.06. The van der Waals surface area contributed by atoms with Crippen LogP contribution in [0.3, 0.4) is 0 Å². The Morgan fingerprint density at radius 2 is 1.90 bits per heavy atom. The second-order valence-corrected chi connectivity index (χ2v) is 4.90. The third-order valence-corrected chi connectivity index (χ3v) is 3.52. The lowest BCUT2D eigenvalue weighted by atomic mass is 10.1. The molecule has 1 N–H and O–H groups in total. The normalized spacial score (nSPS) is 10.7. The third kappa shape index (κ3) is 2.42. The summed E-state index contributed by atoms with van der Waals surface area (Å²) in [5.74, 6) is 0.730. The van der Waals surface area contributed by atoms with Gasteiger partial charge in [-0.2, -0.15) is 0 Å². The molecule has 5 heteroatoms. The first-order chi connectivity index (χ1) is 9.75. The molecule has 0 radical (unpaired) electrons. The number of hydrogen-bond acceptors (Lipinski definition) is 4. The highest BCUT2D eigenvalue weighted by Crippen LogP contribution is 2.25. The summed E-state index contributed by atoms with van der Waals surface area (Å²) in [5, 5.41) is 13.7. The second kappa shape index (κ2) is 5.43. The van der Waals surface area contributed by atoms with Crippen LogP contribution in [0.4, 0.5) is 5.82 Å². The molecule has 20 heavy (non-hydrogen) atoms. The molecule has 0 bridgehead atoms. The third-order valence-electron chi connectivity index (χ3n) is 3.24. The number of nitrogens with one attached hydrogen (secondary N) is 1. The molecule has 100 valence electrons. The summed E-state index contributed by atoms with van der Waals surface area (Å²) in [7, 11) is 0. The Bertz CT molecular complexity index is 758. The molecular weight excluding hydrogens is 272 g/mol. The molecule has 0 aliphatic rings. The molecule has 2 aromatic heterocycles. The van der Waals surface area contributed by atoms with Crippen LogP contribution in [0.25, 0.3) is 10.8 Å². The summed E-state index contributed by atoms with van der Waals surface area (Å²) < 4.78 is 0. The van der Waals surface area contributed by atoms with Crippen LogP contribution in [-0.2, 0) is 6.54 Å². The van der Waals surface area contributed by atoms with Gasteiger partial charge in [-0.05, 0) is 24.1 Å². The van der Waals surface area contributed by atoms with E-state index in [1.165, 1.54) is 5.56 Å². The van der Waals surface area contributed by atoms with Gasteiger partial charge in [-0.3, -0.25) is 4.98 Å². The molecular formula is C15H13ClN4. The van der Waals surface area contributed by atoms with Gasteiger partial charge in [-0.15, -0.1) is 10.2 Å². The van der Waals surface area contributed by atoms with Crippen molar-refractivity contribution in [3.63, 3.8) is 0 Å². The maximum Gasteiger partial charge on any atom is 0.159 e. The van der Waals surface area contributed by atoms with Gasteiger partial charge in [-0.25, -0.2) is 0 Å². The van der Waals surface area contributed by atoms with E-state index in [0.29, 0.717) is 11.7 Å². The Kier molecular flexibility index (Phi) is 3.48. The van der Waals surface area contributed by atoms with Crippen LogP contribution >= 0.6 is 11.6 Å². The van der Waals surface area contributed by atoms with Gasteiger partial charge in [0, 0.05) is 29.7 Å². The van der Waals surface area contributed by atoms with Gasteiger partial charge >= 0.3 is 0 Å². The van der Waals surface area contributed by atoms with E-state index < -0.39 is 0 Å². The predicted octanol–water partition coefficient (Wildman–Crippen LogP) is 3.60. The molecule has 0 aliphatic carbocycles. The first-order valence-electron chi connectivity index (χ1n) is 6.30. The molecule has 0 aliphatic heterocycles. The van der Waals surface area contributed by atoms with Gasteiger partial charge in [-0.1, -0.05) is 35.9 Å². The quantitative estimate of drug-likeness (QED) is 0.798. The van der Waals surface area contributed by atoms with Crippen molar-refractivity contribution in [3.8, 4) is 0 Å². The summed E-state index contributed by atoms with van der Waals surface area (Å²) in [5.41, 5.74) is 2.33. The zero-order valence-corrected chi connectivity index (χ0v) is 11.7. The van der Waals surface area contributed by atoms with Gasteiger partial charge in [0.2, 0.25) is 0 Å². The molecule has 0 saturated heterocycles. The lowest BCUT2D eigenvalue weighted by Gasteiger charge is -2.10. The number of anilines is 1. The molecule has 3 rings (SSSR count). The number of pyridine rings is 1. The Labute approximate surface area is 121 Å². The van der Waals surface area contributed by atoms with Crippen LogP contribution in [0.2, 0.25) is 5.15 Å². The monoisotopic (exact) mass is 284 g/mol. The van der Waals surface area contributed by atoms with Crippen LogP contribution in [0.15, 0.2) is 42.7 Å². The summed E-state index contributed by atoms with van der Waals surface area (Å²) in [6.07, 6.45) is 3.64. The van der Waals surface area contributed by atoms with E-state index in [4.69, 9.17) is 11.6 Å². The number of rotatable bonds is 3. The zero-order chi connectivity index (χ0) is 13.9. The molecule has 0 spiro atoms. The topological polar surface area (TPSA) is 50.7 Å². The molecule has 0 saturated carbocycles. The van der Waals surface area contributed by atoms with Gasteiger partial charge in [0.1, 0.15) is 0 Å². The number of aromatic nitrogens is 3. The van der Waals surface area contributed by atoms with Crippen molar-refractivity contribution < 1.29 is 0 Å². The number of hydrogen-bond donors (Lipinski definition) is 1. The first kappa shape index (κ1) is 12.8. The number of fused-ring (bicyclic) bond motifs is 1. The van der Waals surface area contributed by atoms with Crippen LogP contribution in [0.5, 0.6) is 0 Å². The average Bonchev–Trinajstić information content (AvgIpc) is 2.48. The lowest BCUT2D eigenvalue weighted by Crippen LogP contribution is -2.05. The van der Waals surface area contributed by atoms with Crippen LogP contribution in [0, 0.1) is 6.92 Å². The standard InChI is InChI=1S/C15H13ClN4/c1-10-6-7-17-8-11(10)9-18-15-13-5-3-2-4-12(13)14(16)19-20-15/h2-8H,9H2,1H3,(H,18,20). The highest BCUT2D eigenvalue weighted by Gasteiger charge is 2.07. The maximum absolute atomic E-state index is 6.06. The highest BCUT2D eigenvalue weighted by atomic mass is 35.5. The van der Waals surface area contributed by atoms with Gasteiger partial charge in [0.15, 0.2) is 11.0 Å². The Morgan fingerprint density at radius 3 is 2.70 bits per heavy atom. The van der Waals surface area contributed by atoms with Crippen molar-refractivity contribution in [2.24, 2.45) is 0 Å². The molecule has 3 aromatic rings. The lowest BCUT2D eigenvalue weighted by molar-refractivity contribution is 1.00. The summed E-state index contributed by atoms with van der Waals surface area (Å²) in [4.78, 5) is 4.14. The molecule has 0 atom stereocenters. The highest BCUT2D eigenvalue weighted by molar-refractivity contribution is 6.34. The van der Waals surface area contributed by atoms with E-state index in [-0.39, 0.29) is 0 Å². The number of aryl methyl sites for hydroxylation is 1. The van der Waals surface area contributed by atoms with E-state index in [0.717, 1.165) is 22.2 Å². The largest absolute Gasteiger partial charge is 0.364 e. The Morgan fingerprint density at radius 1 is 1.10 bits per heavy atom. The van der Waals surface area contributed by atoms with Crippen LogP contribution in [0.1, 0.15) is 11.1 Å². The Balaban J connectivity index is 1.92. The van der Waals surface area contributed by atoms with Gasteiger partial charge < -0.3 is 5.32 Å². The van der Waals surface area contributed by atoms with Gasteiger partial charge in [0.05, 0.1) is 0 Å². The van der Waals surface area contributed by atoms with E-state index >= 15 is 0 Å². The van der Waals surface area contributed by atoms with Crippen molar-refractivity contribution in [1.82, 2.24) is 15.2 Å². The predicted molar refractivity (Wildman–Crippen MR) is 80.8 cm³/mol. The van der Waals surface area contributed by atoms with E-state index in [1.54, 1.807) is 6.20 Å². The molecule has 4 nitrogen and oxygen atoms in total. The number of nitrogens with zero attached hydrogens (tertiary/aromatic N) is 3. The zero-order valence-electron chi connectivity index (χ0n) is 11.0. The molecule has 0 unspecified atom stereocenters. The fourth-order valence-corrected chi connectivity index (χ4v) is 2.27. The number of halogens is 1. The van der Waals surface area contributed by atoms with Crippen molar-refractivity contribution in [2.75, 3.05) is 5.32 Å². The van der Waals surface area contributed by atoms with Gasteiger partial charge in [0.25, 0.3) is 0 Å². The fourth-order valence-electron chi connectivity index (χ4n) is 2.06. The van der Waals surface area contributed by atoms with Crippen molar-refractivity contribution in [1.29, 1.82) is 0 Å². The van der Waals surface area contributed by atoms with Crippen LogP contribution in [-0.4, -0.2) is 15.2 Å². The van der Waals surface area contributed by atoms with E-state index in [9.17, 15) is 0 Å². The minimum atomic E-state index is 0.420.